The van der Waals surface area contributed by atoms with E-state index in [9.17, 15) is 9.59 Å². The molecule has 0 unspecified atom stereocenters. The number of pyridine rings is 1. The number of methoxy groups -OCH3 is 1. The van der Waals surface area contributed by atoms with Gasteiger partial charge in [0.1, 0.15) is 5.75 Å². The number of amides is 1. The lowest BCUT2D eigenvalue weighted by Gasteiger charge is -2.10. The van der Waals surface area contributed by atoms with Crippen molar-refractivity contribution in [3.63, 3.8) is 0 Å². The highest BCUT2D eigenvalue weighted by molar-refractivity contribution is 6.04. The molecule has 0 fully saturated rings. The fraction of sp³-hybridized carbons (Fsp3) is 0.217. The largest absolute Gasteiger partial charge is 0.497 e. The van der Waals surface area contributed by atoms with Gasteiger partial charge in [0.2, 0.25) is 0 Å². The Bertz CT molecular complexity index is 1060. The summed E-state index contributed by atoms with van der Waals surface area (Å²) in [5.74, 6) is 0.527. The smallest absolute Gasteiger partial charge is 0.255 e. The van der Waals surface area contributed by atoms with Crippen LogP contribution in [0.4, 0.5) is 5.69 Å². The maximum absolute atomic E-state index is 12.4. The number of ether oxygens (including phenoxy) is 1. The van der Waals surface area contributed by atoms with Crippen molar-refractivity contribution in [3.8, 4) is 5.75 Å². The summed E-state index contributed by atoms with van der Waals surface area (Å²) in [5, 5.41) is 6.20. The maximum Gasteiger partial charge on any atom is 0.255 e. The predicted molar refractivity (Wildman–Crippen MR) is 114 cm³/mol. The summed E-state index contributed by atoms with van der Waals surface area (Å²) in [6.45, 7) is 2.98. The Kier molecular flexibility index (Phi) is 6.46. The van der Waals surface area contributed by atoms with Gasteiger partial charge in [-0.15, -0.1) is 0 Å². The van der Waals surface area contributed by atoms with E-state index < -0.39 is 0 Å². The molecule has 0 spiro atoms. The molecule has 6 heteroatoms. The molecule has 29 heavy (non-hydrogen) atoms. The van der Waals surface area contributed by atoms with Crippen LogP contribution in [0.25, 0.3) is 0 Å². The minimum atomic E-state index is -0.180. The number of aromatic nitrogens is 1. The number of nitrogens with zero attached hydrogens (tertiary/aromatic N) is 1. The van der Waals surface area contributed by atoms with Gasteiger partial charge in [-0.05, 0) is 55.0 Å². The first kappa shape index (κ1) is 20.4. The molecular weight excluding hydrogens is 366 g/mol. The van der Waals surface area contributed by atoms with Crippen LogP contribution in [0.2, 0.25) is 0 Å². The third kappa shape index (κ3) is 5.12. The van der Waals surface area contributed by atoms with Crippen LogP contribution in [0.5, 0.6) is 5.75 Å². The summed E-state index contributed by atoms with van der Waals surface area (Å²) in [6, 6.07) is 18.4. The van der Waals surface area contributed by atoms with Crippen molar-refractivity contribution < 1.29 is 9.53 Å². The van der Waals surface area contributed by atoms with Crippen LogP contribution in [0, 0.1) is 6.92 Å². The highest BCUT2D eigenvalue weighted by Crippen LogP contribution is 2.15. The van der Waals surface area contributed by atoms with Crippen molar-refractivity contribution in [3.05, 3.63) is 93.4 Å². The molecule has 0 aliphatic heterocycles. The molecule has 0 saturated carbocycles. The number of hydrogen-bond donors (Lipinski definition) is 2. The molecule has 0 aliphatic carbocycles. The summed E-state index contributed by atoms with van der Waals surface area (Å²) >= 11 is 0. The standard InChI is InChI=1S/C23H25N3O3/c1-16-7-8-19(23(28)26(16)2)15-24-14-17-5-4-6-20(13-17)25-22(27)18-9-11-21(29-3)12-10-18/h4-13,24H,14-15H2,1-3H3,(H,25,27). The van der Waals surface area contributed by atoms with Gasteiger partial charge in [-0.25, -0.2) is 0 Å². The SMILES string of the molecule is COc1ccc(C(=O)Nc2cccc(CNCc3ccc(C)n(C)c3=O)c2)cc1. The molecule has 0 atom stereocenters. The first-order valence-electron chi connectivity index (χ1n) is 9.38. The highest BCUT2D eigenvalue weighted by atomic mass is 16.5. The zero-order valence-electron chi connectivity index (χ0n) is 16.9. The van der Waals surface area contributed by atoms with Gasteiger partial charge in [-0.1, -0.05) is 18.2 Å². The lowest BCUT2D eigenvalue weighted by molar-refractivity contribution is 0.102. The molecule has 2 N–H and O–H groups in total. The quantitative estimate of drug-likeness (QED) is 0.649. The van der Waals surface area contributed by atoms with Crippen LogP contribution in [0.1, 0.15) is 27.2 Å². The number of benzene rings is 2. The molecule has 6 nitrogen and oxygen atoms in total. The summed E-state index contributed by atoms with van der Waals surface area (Å²) < 4.78 is 6.76. The Morgan fingerprint density at radius 3 is 2.52 bits per heavy atom. The number of carbonyl (C=O) groups excluding carboxylic acids is 1. The number of nitrogens with one attached hydrogen (secondary N) is 2. The lowest BCUT2D eigenvalue weighted by Crippen LogP contribution is -2.26. The number of hydrogen-bond acceptors (Lipinski definition) is 4. The van der Waals surface area contributed by atoms with E-state index in [0.29, 0.717) is 24.4 Å². The molecular formula is C23H25N3O3. The van der Waals surface area contributed by atoms with Gasteiger partial charge >= 0.3 is 0 Å². The third-order valence-corrected chi connectivity index (χ3v) is 4.82. The van der Waals surface area contributed by atoms with Crippen molar-refractivity contribution in [1.29, 1.82) is 0 Å². The summed E-state index contributed by atoms with van der Waals surface area (Å²) in [4.78, 5) is 24.7. The zero-order valence-corrected chi connectivity index (χ0v) is 16.9. The number of aryl methyl sites for hydroxylation is 1. The second kappa shape index (κ2) is 9.21. The first-order chi connectivity index (χ1) is 14.0. The van der Waals surface area contributed by atoms with E-state index in [4.69, 9.17) is 4.74 Å². The predicted octanol–water partition coefficient (Wildman–Crippen LogP) is 3.24. The van der Waals surface area contributed by atoms with E-state index >= 15 is 0 Å². The number of rotatable bonds is 7. The fourth-order valence-corrected chi connectivity index (χ4v) is 2.96. The average molecular weight is 391 g/mol. The fourth-order valence-electron chi connectivity index (χ4n) is 2.96. The van der Waals surface area contributed by atoms with Crippen molar-refractivity contribution in [2.45, 2.75) is 20.0 Å². The Balaban J connectivity index is 1.60. The minimum Gasteiger partial charge on any atom is -0.497 e. The van der Waals surface area contributed by atoms with E-state index in [1.807, 2.05) is 43.3 Å². The third-order valence-electron chi connectivity index (χ3n) is 4.82. The minimum absolute atomic E-state index is 0.0120. The summed E-state index contributed by atoms with van der Waals surface area (Å²) in [6.07, 6.45) is 0. The van der Waals surface area contributed by atoms with E-state index in [1.54, 1.807) is 43.0 Å². The number of anilines is 1. The van der Waals surface area contributed by atoms with Gasteiger partial charge < -0.3 is 19.9 Å². The molecule has 0 saturated heterocycles. The molecule has 2 aromatic carbocycles. The zero-order chi connectivity index (χ0) is 20.8. The molecule has 0 radical (unpaired) electrons. The molecule has 1 amide bonds. The normalized spacial score (nSPS) is 10.6. The molecule has 3 aromatic rings. The Morgan fingerprint density at radius 2 is 1.79 bits per heavy atom. The van der Waals surface area contributed by atoms with Gasteiger partial charge in [-0.3, -0.25) is 9.59 Å². The van der Waals surface area contributed by atoms with Crippen molar-refractivity contribution in [1.82, 2.24) is 9.88 Å². The van der Waals surface area contributed by atoms with Crippen LogP contribution in [-0.2, 0) is 20.1 Å². The van der Waals surface area contributed by atoms with Gasteiger partial charge in [0, 0.05) is 42.6 Å². The van der Waals surface area contributed by atoms with Crippen molar-refractivity contribution in [2.24, 2.45) is 7.05 Å². The summed E-state index contributed by atoms with van der Waals surface area (Å²) in [7, 11) is 3.36. The molecule has 150 valence electrons. The Hall–Kier alpha value is -3.38. The van der Waals surface area contributed by atoms with Gasteiger partial charge in [0.15, 0.2) is 0 Å². The van der Waals surface area contributed by atoms with Crippen LogP contribution in [0.15, 0.2) is 65.5 Å². The molecule has 3 rings (SSSR count). The van der Waals surface area contributed by atoms with E-state index in [0.717, 1.165) is 22.5 Å². The molecule has 1 heterocycles. The summed E-state index contributed by atoms with van der Waals surface area (Å²) in [5.41, 5.74) is 3.96. The second-order valence-corrected chi connectivity index (χ2v) is 6.85. The first-order valence-corrected chi connectivity index (χ1v) is 9.38. The van der Waals surface area contributed by atoms with E-state index in [-0.39, 0.29) is 11.5 Å². The average Bonchev–Trinajstić information content (AvgIpc) is 2.74. The molecule has 0 bridgehead atoms. The van der Waals surface area contributed by atoms with E-state index in [2.05, 4.69) is 10.6 Å². The second-order valence-electron chi connectivity index (χ2n) is 6.85. The van der Waals surface area contributed by atoms with Gasteiger partial charge in [0.25, 0.3) is 11.5 Å². The highest BCUT2D eigenvalue weighted by Gasteiger charge is 2.07. The Labute approximate surface area is 170 Å². The monoisotopic (exact) mass is 391 g/mol. The number of carbonyl (C=O) groups is 1. The molecule has 0 aliphatic rings. The van der Waals surface area contributed by atoms with Crippen LogP contribution in [-0.4, -0.2) is 17.6 Å². The molecule has 1 aromatic heterocycles. The van der Waals surface area contributed by atoms with Crippen LogP contribution >= 0.6 is 0 Å². The van der Waals surface area contributed by atoms with Gasteiger partial charge in [0.05, 0.1) is 7.11 Å². The lowest BCUT2D eigenvalue weighted by atomic mass is 10.1. The van der Waals surface area contributed by atoms with Crippen molar-refractivity contribution in [2.75, 3.05) is 12.4 Å². The Morgan fingerprint density at radius 1 is 1.03 bits per heavy atom. The van der Waals surface area contributed by atoms with E-state index in [1.165, 1.54) is 0 Å². The topological polar surface area (TPSA) is 72.4 Å². The van der Waals surface area contributed by atoms with Crippen LogP contribution in [0.3, 0.4) is 0 Å². The maximum atomic E-state index is 12.4. The van der Waals surface area contributed by atoms with Crippen LogP contribution < -0.4 is 20.9 Å². The van der Waals surface area contributed by atoms with Crippen molar-refractivity contribution >= 4 is 11.6 Å². The van der Waals surface area contributed by atoms with Gasteiger partial charge in [-0.2, -0.15) is 0 Å².